The molecule has 22 heteroatoms. The molecule has 306 valence electrons. The maximum absolute atomic E-state index is 13.1. The molecule has 0 amide bonds. The summed E-state index contributed by atoms with van der Waals surface area (Å²) in [5.74, 6) is -14.5. The number of hydrogen-bond acceptors (Lipinski definition) is 6. The van der Waals surface area contributed by atoms with Crippen LogP contribution >= 0.6 is 0 Å². The fourth-order valence-corrected chi connectivity index (χ4v) is 4.94. The van der Waals surface area contributed by atoms with E-state index in [1.54, 1.807) is 12.3 Å². The number of carboxylic acids is 1. The van der Waals surface area contributed by atoms with Crippen molar-refractivity contribution in [1.82, 2.24) is 15.0 Å². The van der Waals surface area contributed by atoms with Crippen LogP contribution in [0.2, 0.25) is 0 Å². The molecule has 0 aliphatic carbocycles. The van der Waals surface area contributed by atoms with Gasteiger partial charge in [-0.1, -0.05) is 0 Å². The fraction of sp³-hybridized carbons (Fsp3) is 0.200. The second-order valence-electron chi connectivity index (χ2n) is 11.2. The number of hydrogen-bond donors (Lipinski definition) is 4. The average Bonchev–Trinajstić information content (AvgIpc) is 3.85. The van der Waals surface area contributed by atoms with Gasteiger partial charge in [0.1, 0.15) is 17.5 Å². The third kappa shape index (κ3) is 11.5. The number of Topliss-reactive ketones (excluding diaryl/α,β-unsaturated/α-hetero) is 1. The van der Waals surface area contributed by atoms with Gasteiger partial charge in [0.15, 0.2) is 11.8 Å². The molecule has 0 saturated carbocycles. The highest BCUT2D eigenvalue weighted by molar-refractivity contribution is 6.35. The number of carboxylic acid groups (broad SMARTS) is 1. The lowest BCUT2D eigenvalue weighted by molar-refractivity contribution is -0.182. The Hall–Kier alpha value is -6.48. The molecule has 57 heavy (non-hydrogen) atoms. The first kappa shape index (κ1) is 44.9. The minimum absolute atomic E-state index is 0.00715. The van der Waals surface area contributed by atoms with Crippen LogP contribution in [0.3, 0.4) is 0 Å². The standard InChI is InChI=1S/C12H9F4NO2.C11H7F4NO2.C8H6FN.C4H3F3O3/c1-19-11(18)10(12(14,15)16)8-5-17-9-3-2-6(13)4-7(8)9;12-5-1-2-8-6(3-5)7(4-16-8)9(10(17)18)11(13,14)15;9-7-1-2-8-6(5-7)3-4-10-8;1-10-3(9)2(8)4(5,6)7/h2-5,10,17H,1H3;1-4,9,16H,(H,17,18);1-5,10H;1H3. The Morgan fingerprint density at radius 3 is 1.42 bits per heavy atom. The van der Waals surface area contributed by atoms with Gasteiger partial charge < -0.3 is 29.5 Å². The quantitative estimate of drug-likeness (QED) is 0.0770. The molecule has 0 radical (unpaired) electrons. The van der Waals surface area contributed by atoms with Crippen molar-refractivity contribution in [1.29, 1.82) is 0 Å². The summed E-state index contributed by atoms with van der Waals surface area (Å²) in [6.07, 6.45) is -11.1. The number of rotatable bonds is 5. The van der Waals surface area contributed by atoms with E-state index >= 15 is 0 Å². The first-order valence-corrected chi connectivity index (χ1v) is 15.3. The number of ether oxygens (including phenoxy) is 2. The summed E-state index contributed by atoms with van der Waals surface area (Å²) in [6, 6.07) is 13.1. The number of ketones is 1. The normalized spacial score (nSPS) is 12.6. The first-order chi connectivity index (χ1) is 26.4. The second-order valence-corrected chi connectivity index (χ2v) is 11.2. The van der Waals surface area contributed by atoms with E-state index < -0.39 is 71.3 Å². The smallest absolute Gasteiger partial charge is 0.461 e. The molecule has 2 unspecified atom stereocenters. The number of fused-ring (bicyclic) bond motifs is 3. The SMILES string of the molecule is COC(=O)C(=O)C(F)(F)F.COC(=O)C(c1c[nH]c2ccc(F)cc12)C(F)(F)F.Fc1ccc2[nH]ccc2c1.O=C(O)C(c1c[nH]c2ccc(F)cc12)C(F)(F)F. The summed E-state index contributed by atoms with van der Waals surface area (Å²) in [6.45, 7) is 0. The lowest BCUT2D eigenvalue weighted by Gasteiger charge is -2.17. The van der Waals surface area contributed by atoms with Gasteiger partial charge in [0.25, 0.3) is 0 Å². The average molecular weight is 828 g/mol. The van der Waals surface area contributed by atoms with Crippen molar-refractivity contribution >= 4 is 56.4 Å². The largest absolute Gasteiger partial charge is 0.481 e. The van der Waals surface area contributed by atoms with Crippen molar-refractivity contribution in [2.75, 3.05) is 14.2 Å². The molecule has 6 aromatic rings. The molecule has 0 bridgehead atoms. The van der Waals surface area contributed by atoms with Gasteiger partial charge in [-0.15, -0.1) is 0 Å². The van der Waals surface area contributed by atoms with Crippen LogP contribution in [0.5, 0.6) is 0 Å². The molecule has 4 N–H and O–H groups in total. The van der Waals surface area contributed by atoms with E-state index in [1.807, 2.05) is 6.07 Å². The van der Waals surface area contributed by atoms with E-state index in [-0.39, 0.29) is 27.7 Å². The number of aromatic amines is 3. The molecule has 3 aromatic carbocycles. The van der Waals surface area contributed by atoms with Crippen molar-refractivity contribution in [3.8, 4) is 0 Å². The Morgan fingerprint density at radius 2 is 1.04 bits per heavy atom. The monoisotopic (exact) mass is 827 g/mol. The summed E-state index contributed by atoms with van der Waals surface area (Å²) < 4.78 is 157. The zero-order valence-electron chi connectivity index (χ0n) is 28.6. The molecule has 0 aliphatic rings. The van der Waals surface area contributed by atoms with E-state index in [4.69, 9.17) is 5.11 Å². The van der Waals surface area contributed by atoms with E-state index in [2.05, 4.69) is 24.4 Å². The molecule has 3 aromatic heterocycles. The van der Waals surface area contributed by atoms with E-state index in [0.29, 0.717) is 12.6 Å². The molecule has 0 fully saturated rings. The van der Waals surface area contributed by atoms with Crippen LogP contribution in [0.4, 0.5) is 52.7 Å². The van der Waals surface area contributed by atoms with Crippen molar-refractivity contribution in [2.45, 2.75) is 30.4 Å². The predicted octanol–water partition coefficient (Wildman–Crippen LogP) is 8.76. The number of carbonyl (C=O) groups excluding carboxylic acids is 3. The van der Waals surface area contributed by atoms with E-state index in [0.717, 1.165) is 54.7 Å². The molecule has 0 spiro atoms. The Balaban J connectivity index is 0.000000212. The second kappa shape index (κ2) is 18.0. The molecule has 0 saturated heterocycles. The maximum atomic E-state index is 13.1. The zero-order valence-corrected chi connectivity index (χ0v) is 28.6. The summed E-state index contributed by atoms with van der Waals surface area (Å²) in [7, 11) is 1.57. The van der Waals surface area contributed by atoms with Gasteiger partial charge in [-0.3, -0.25) is 14.4 Å². The summed E-state index contributed by atoms with van der Waals surface area (Å²) in [4.78, 5) is 49.8. The summed E-state index contributed by atoms with van der Waals surface area (Å²) in [5, 5.41) is 9.52. The number of aliphatic carboxylic acids is 1. The number of benzene rings is 3. The Morgan fingerprint density at radius 1 is 0.596 bits per heavy atom. The Bertz CT molecular complexity index is 2360. The molecule has 6 rings (SSSR count). The van der Waals surface area contributed by atoms with Gasteiger partial charge in [-0.2, -0.15) is 39.5 Å². The minimum Gasteiger partial charge on any atom is -0.481 e. The summed E-state index contributed by atoms with van der Waals surface area (Å²) >= 11 is 0. The third-order valence-corrected chi connectivity index (χ3v) is 7.46. The highest BCUT2D eigenvalue weighted by Gasteiger charge is 2.49. The lowest BCUT2D eigenvalue weighted by atomic mass is 9.98. The van der Waals surface area contributed by atoms with Gasteiger partial charge in [0, 0.05) is 62.4 Å². The number of H-pyrrole nitrogens is 3. The van der Waals surface area contributed by atoms with E-state index in [9.17, 15) is 71.9 Å². The summed E-state index contributed by atoms with van der Waals surface area (Å²) in [5.41, 5.74) is 0.691. The zero-order chi connectivity index (χ0) is 43.0. The van der Waals surface area contributed by atoms with Crippen LogP contribution in [0, 0.1) is 17.5 Å². The minimum atomic E-state index is -5.13. The number of halogens is 12. The van der Waals surface area contributed by atoms with Crippen molar-refractivity contribution in [3.05, 3.63) is 108 Å². The number of alkyl halides is 9. The third-order valence-electron chi connectivity index (χ3n) is 7.46. The first-order valence-electron chi connectivity index (χ1n) is 15.3. The number of aromatic nitrogens is 3. The van der Waals surface area contributed by atoms with Crippen LogP contribution < -0.4 is 0 Å². The van der Waals surface area contributed by atoms with Gasteiger partial charge >= 0.3 is 42.2 Å². The van der Waals surface area contributed by atoms with Crippen LogP contribution in [0.25, 0.3) is 32.7 Å². The highest BCUT2D eigenvalue weighted by atomic mass is 19.4. The predicted molar refractivity (Wildman–Crippen MR) is 175 cm³/mol. The number of nitrogens with one attached hydrogen (secondary N) is 3. The Kier molecular flexibility index (Phi) is 14.2. The molecular formula is C35H25F12N3O7. The van der Waals surface area contributed by atoms with Gasteiger partial charge in [-0.25, -0.2) is 18.0 Å². The molecule has 0 aliphatic heterocycles. The fourth-order valence-electron chi connectivity index (χ4n) is 4.94. The number of methoxy groups -OCH3 is 2. The van der Waals surface area contributed by atoms with E-state index in [1.165, 1.54) is 24.3 Å². The maximum Gasteiger partial charge on any atom is 0.461 e. The molecule has 3 heterocycles. The van der Waals surface area contributed by atoms with Crippen LogP contribution in [-0.4, -0.2) is 76.5 Å². The Labute approximate surface area is 310 Å². The van der Waals surface area contributed by atoms with Gasteiger partial charge in [0.2, 0.25) is 0 Å². The number of carbonyl (C=O) groups is 4. The highest BCUT2D eigenvalue weighted by Crippen LogP contribution is 2.40. The van der Waals surface area contributed by atoms with Crippen molar-refractivity contribution in [3.63, 3.8) is 0 Å². The number of esters is 2. The van der Waals surface area contributed by atoms with Crippen molar-refractivity contribution in [2.24, 2.45) is 0 Å². The van der Waals surface area contributed by atoms with Gasteiger partial charge in [-0.05, 0) is 60.7 Å². The molecule has 2 atom stereocenters. The van der Waals surface area contributed by atoms with Crippen LogP contribution in [-0.2, 0) is 28.7 Å². The lowest BCUT2D eigenvalue weighted by Crippen LogP contribution is -2.31. The van der Waals surface area contributed by atoms with Crippen LogP contribution in [0.1, 0.15) is 23.0 Å². The molecule has 10 nitrogen and oxygen atoms in total. The van der Waals surface area contributed by atoms with Gasteiger partial charge in [0.05, 0.1) is 14.2 Å². The van der Waals surface area contributed by atoms with Crippen molar-refractivity contribution < 1.29 is 86.4 Å². The topological polar surface area (TPSA) is 154 Å². The molecular weight excluding hydrogens is 802 g/mol. The van der Waals surface area contributed by atoms with Crippen LogP contribution in [0.15, 0.2) is 79.3 Å².